The Kier molecular flexibility index (Phi) is 3.24. The van der Waals surface area contributed by atoms with Gasteiger partial charge in [-0.25, -0.2) is 19.7 Å². The Hall–Kier alpha value is -2.42. The molecule has 0 unspecified atom stereocenters. The van der Waals surface area contributed by atoms with Gasteiger partial charge >= 0.3 is 5.97 Å². The summed E-state index contributed by atoms with van der Waals surface area (Å²) in [6.07, 6.45) is 4.21. The number of hydrogen-bond acceptors (Lipinski definition) is 7. The minimum absolute atomic E-state index is 0.0771. The van der Waals surface area contributed by atoms with Crippen LogP contribution < -0.4 is 5.73 Å². The van der Waals surface area contributed by atoms with Gasteiger partial charge in [0, 0.05) is 12.4 Å². The zero-order valence-electron chi connectivity index (χ0n) is 9.27. The molecule has 8 nitrogen and oxygen atoms in total. The van der Waals surface area contributed by atoms with Crippen molar-refractivity contribution >= 4 is 23.2 Å². The molecule has 2 rings (SSSR count). The van der Waals surface area contributed by atoms with Gasteiger partial charge in [-0.2, -0.15) is 4.68 Å². The van der Waals surface area contributed by atoms with Gasteiger partial charge in [0.15, 0.2) is 5.82 Å². The number of carbonyl (C=O) groups excluding carboxylic acids is 1. The number of rotatable bonds is 3. The molecule has 2 N–H and O–H groups in total. The Balaban J connectivity index is 2.46. The second-order valence-corrected chi connectivity index (χ2v) is 3.54. The topological polar surface area (TPSA) is 109 Å². The summed E-state index contributed by atoms with van der Waals surface area (Å²) in [5.41, 5.74) is 5.82. The summed E-state index contributed by atoms with van der Waals surface area (Å²) >= 11 is 4.85. The van der Waals surface area contributed by atoms with Gasteiger partial charge in [0.05, 0.1) is 7.11 Å². The van der Waals surface area contributed by atoms with E-state index in [0.717, 1.165) is 0 Å². The Morgan fingerprint density at radius 3 is 2.78 bits per heavy atom. The molecule has 0 bridgehead atoms. The number of nitrogens with zero attached hydrogens (tertiary/aromatic N) is 5. The van der Waals surface area contributed by atoms with E-state index in [4.69, 9.17) is 18.0 Å². The number of thiocarbonyl (C=S) groups is 1. The van der Waals surface area contributed by atoms with Crippen LogP contribution in [0.1, 0.15) is 16.3 Å². The molecule has 2 aromatic rings. The van der Waals surface area contributed by atoms with Crippen LogP contribution in [0.25, 0.3) is 5.82 Å². The largest absolute Gasteiger partial charge is 0.463 e. The second kappa shape index (κ2) is 4.84. The van der Waals surface area contributed by atoms with Gasteiger partial charge in [0.1, 0.15) is 17.0 Å². The Morgan fingerprint density at radius 1 is 1.39 bits per heavy atom. The minimum Gasteiger partial charge on any atom is -0.463 e. The fourth-order valence-electron chi connectivity index (χ4n) is 1.22. The molecule has 0 aromatic carbocycles. The predicted molar refractivity (Wildman–Crippen MR) is 64.2 cm³/mol. The lowest BCUT2D eigenvalue weighted by Crippen LogP contribution is -2.17. The summed E-state index contributed by atoms with van der Waals surface area (Å²) in [6, 6.07) is 0. The van der Waals surface area contributed by atoms with Gasteiger partial charge in [0.2, 0.25) is 0 Å². The summed E-state index contributed by atoms with van der Waals surface area (Å²) in [7, 11) is 1.24. The van der Waals surface area contributed by atoms with Crippen molar-refractivity contribution in [3.8, 4) is 5.82 Å². The molecule has 2 aromatic heterocycles. The maximum absolute atomic E-state index is 11.2. The quantitative estimate of drug-likeness (QED) is 0.582. The SMILES string of the molecule is COC(=O)c1ncn(-c2nccnc2C(N)=S)n1. The van der Waals surface area contributed by atoms with E-state index in [1.807, 2.05) is 0 Å². The standard InChI is InChI=1S/C9H8N6O2S/c1-17-9(16)7-13-4-15(14-7)8-5(6(10)18)11-2-3-12-8/h2-4H,1H3,(H2,10,18). The molecular weight excluding hydrogens is 256 g/mol. The zero-order chi connectivity index (χ0) is 13.1. The van der Waals surface area contributed by atoms with E-state index in [1.54, 1.807) is 0 Å². The molecule has 0 aliphatic heterocycles. The van der Waals surface area contributed by atoms with Crippen molar-refractivity contribution in [1.82, 2.24) is 24.7 Å². The first-order valence-electron chi connectivity index (χ1n) is 4.74. The average Bonchev–Trinajstić information content (AvgIpc) is 2.87. The molecule has 0 spiro atoms. The van der Waals surface area contributed by atoms with Gasteiger partial charge in [-0.1, -0.05) is 12.2 Å². The third kappa shape index (κ3) is 2.15. The number of aromatic nitrogens is 5. The van der Waals surface area contributed by atoms with Crippen LogP contribution in [0, 0.1) is 0 Å². The molecule has 0 saturated heterocycles. The second-order valence-electron chi connectivity index (χ2n) is 3.10. The van der Waals surface area contributed by atoms with Crippen molar-refractivity contribution in [2.24, 2.45) is 5.73 Å². The lowest BCUT2D eigenvalue weighted by molar-refractivity contribution is 0.0587. The highest BCUT2D eigenvalue weighted by atomic mass is 32.1. The van der Waals surface area contributed by atoms with Crippen LogP contribution in [-0.2, 0) is 4.74 Å². The van der Waals surface area contributed by atoms with Crippen molar-refractivity contribution in [2.75, 3.05) is 7.11 Å². The van der Waals surface area contributed by atoms with Gasteiger partial charge in [-0.3, -0.25) is 0 Å². The Labute approximate surface area is 107 Å². The maximum Gasteiger partial charge on any atom is 0.377 e. The van der Waals surface area contributed by atoms with E-state index >= 15 is 0 Å². The number of nitrogens with two attached hydrogens (primary N) is 1. The van der Waals surface area contributed by atoms with Crippen LogP contribution in [0.3, 0.4) is 0 Å². The molecule has 0 amide bonds. The lowest BCUT2D eigenvalue weighted by Gasteiger charge is -2.03. The Bertz CT molecular complexity index is 611. The van der Waals surface area contributed by atoms with E-state index in [1.165, 1.54) is 30.5 Å². The molecule has 0 fully saturated rings. The van der Waals surface area contributed by atoms with Crippen molar-refractivity contribution in [2.45, 2.75) is 0 Å². The lowest BCUT2D eigenvalue weighted by atomic mass is 10.4. The van der Waals surface area contributed by atoms with Gasteiger partial charge in [-0.05, 0) is 0 Å². The van der Waals surface area contributed by atoms with Crippen molar-refractivity contribution in [3.05, 3.63) is 30.2 Å². The van der Waals surface area contributed by atoms with Crippen molar-refractivity contribution in [3.63, 3.8) is 0 Å². The third-order valence-electron chi connectivity index (χ3n) is 1.99. The third-order valence-corrected chi connectivity index (χ3v) is 2.18. The highest BCUT2D eigenvalue weighted by Crippen LogP contribution is 2.07. The van der Waals surface area contributed by atoms with Gasteiger partial charge in [-0.15, -0.1) is 5.10 Å². The molecule has 0 radical (unpaired) electrons. The average molecular weight is 264 g/mol. The first kappa shape index (κ1) is 12.0. The van der Waals surface area contributed by atoms with Crippen LogP contribution in [0.2, 0.25) is 0 Å². The number of hydrogen-bond donors (Lipinski definition) is 1. The first-order chi connectivity index (χ1) is 8.63. The van der Waals surface area contributed by atoms with Crippen LogP contribution in [0.4, 0.5) is 0 Å². The van der Waals surface area contributed by atoms with E-state index < -0.39 is 5.97 Å². The predicted octanol–water partition coefficient (Wildman–Crippen LogP) is -0.522. The maximum atomic E-state index is 11.2. The highest BCUT2D eigenvalue weighted by Gasteiger charge is 2.15. The Morgan fingerprint density at radius 2 is 2.11 bits per heavy atom. The number of esters is 1. The molecule has 0 atom stereocenters. The zero-order valence-corrected chi connectivity index (χ0v) is 10.1. The van der Waals surface area contributed by atoms with E-state index in [2.05, 4.69) is 24.8 Å². The molecular formula is C9H8N6O2S. The van der Waals surface area contributed by atoms with Gasteiger partial charge < -0.3 is 10.5 Å². The molecule has 2 heterocycles. The van der Waals surface area contributed by atoms with Gasteiger partial charge in [0.25, 0.3) is 5.82 Å². The number of ether oxygens (including phenoxy) is 1. The van der Waals surface area contributed by atoms with Crippen LogP contribution >= 0.6 is 12.2 Å². The summed E-state index contributed by atoms with van der Waals surface area (Å²) in [4.78, 5) is 23.1. The molecule has 0 saturated carbocycles. The van der Waals surface area contributed by atoms with Crippen LogP contribution in [0.5, 0.6) is 0 Å². The van der Waals surface area contributed by atoms with Crippen molar-refractivity contribution in [1.29, 1.82) is 0 Å². The molecule has 18 heavy (non-hydrogen) atoms. The van der Waals surface area contributed by atoms with E-state index in [9.17, 15) is 4.79 Å². The fraction of sp³-hybridized carbons (Fsp3) is 0.111. The summed E-state index contributed by atoms with van der Waals surface area (Å²) in [5, 5.41) is 3.91. The van der Waals surface area contributed by atoms with E-state index in [0.29, 0.717) is 11.5 Å². The number of methoxy groups -OCH3 is 1. The fourth-order valence-corrected chi connectivity index (χ4v) is 1.37. The molecule has 0 aliphatic rings. The number of carbonyl (C=O) groups is 1. The smallest absolute Gasteiger partial charge is 0.377 e. The highest BCUT2D eigenvalue weighted by molar-refractivity contribution is 7.80. The van der Waals surface area contributed by atoms with Crippen molar-refractivity contribution < 1.29 is 9.53 Å². The molecule has 92 valence electrons. The molecule has 9 heteroatoms. The van der Waals surface area contributed by atoms with Crippen LogP contribution in [0.15, 0.2) is 18.7 Å². The van der Waals surface area contributed by atoms with Crippen LogP contribution in [-0.4, -0.2) is 42.8 Å². The first-order valence-corrected chi connectivity index (χ1v) is 5.15. The summed E-state index contributed by atoms with van der Waals surface area (Å²) < 4.78 is 5.76. The monoisotopic (exact) mass is 264 g/mol. The van der Waals surface area contributed by atoms with E-state index in [-0.39, 0.29) is 10.8 Å². The minimum atomic E-state index is -0.644. The summed E-state index contributed by atoms with van der Waals surface area (Å²) in [5.74, 6) is -0.431. The summed E-state index contributed by atoms with van der Waals surface area (Å²) in [6.45, 7) is 0. The normalized spacial score (nSPS) is 10.1. The molecule has 0 aliphatic carbocycles.